The van der Waals surface area contributed by atoms with Gasteiger partial charge >= 0.3 is 0 Å². The molecule has 5 rings (SSSR count). The number of aromatic nitrogens is 4. The van der Waals surface area contributed by atoms with E-state index in [1.54, 1.807) is 24.4 Å². The number of carbonyl (C=O) groups excluding carboxylic acids is 1. The Kier molecular flexibility index (Phi) is 8.03. The molecule has 2 aliphatic heterocycles. The number of imidazole rings is 1. The average molecular weight is 536 g/mol. The predicted molar refractivity (Wildman–Crippen MR) is 144 cm³/mol. The lowest BCUT2D eigenvalue weighted by Crippen LogP contribution is -2.45. The minimum Gasteiger partial charge on any atom is -0.356 e. The Balaban J connectivity index is 1.34. The van der Waals surface area contributed by atoms with Crippen LogP contribution in [0.4, 0.5) is 10.3 Å². The molecule has 1 saturated heterocycles. The first-order valence-electron chi connectivity index (χ1n) is 12.9. The fourth-order valence-electron chi connectivity index (χ4n) is 4.30. The van der Waals surface area contributed by atoms with E-state index in [9.17, 15) is 9.18 Å². The first kappa shape index (κ1) is 26.6. The van der Waals surface area contributed by atoms with Crippen molar-refractivity contribution in [2.24, 2.45) is 10.4 Å². The highest BCUT2D eigenvalue weighted by Gasteiger charge is 2.35. The second-order valence-electron chi connectivity index (χ2n) is 10.0. The third kappa shape index (κ3) is 6.70. The number of aromatic amines is 1. The highest BCUT2D eigenvalue weighted by atomic mass is 19.1. The molecule has 0 aliphatic carbocycles. The molecular weight excluding hydrogens is 503 g/mol. The Bertz CT molecular complexity index is 1360. The Labute approximate surface area is 225 Å². The van der Waals surface area contributed by atoms with E-state index in [1.165, 1.54) is 19.1 Å². The largest absolute Gasteiger partial charge is 0.356 e. The van der Waals surface area contributed by atoms with Gasteiger partial charge < -0.3 is 25.1 Å². The van der Waals surface area contributed by atoms with E-state index in [0.717, 1.165) is 25.1 Å². The minimum atomic E-state index is -0.728. The number of rotatable bonds is 10. The molecule has 0 bridgehead atoms. The number of benzene rings is 1. The van der Waals surface area contributed by atoms with Gasteiger partial charge in [0, 0.05) is 43.6 Å². The average Bonchev–Trinajstić information content (AvgIpc) is 3.62. The summed E-state index contributed by atoms with van der Waals surface area (Å²) in [5.41, 5.74) is 2.22. The molecule has 12 heteroatoms. The molecule has 3 N–H and O–H groups in total. The van der Waals surface area contributed by atoms with Crippen LogP contribution in [-0.2, 0) is 14.3 Å². The maximum Gasteiger partial charge on any atom is 0.281 e. The Morgan fingerprint density at radius 3 is 2.72 bits per heavy atom. The quantitative estimate of drug-likeness (QED) is 0.269. The van der Waals surface area contributed by atoms with Gasteiger partial charge in [-0.05, 0) is 30.3 Å². The number of carbonyl (C=O) groups is 1. The number of nitrogens with zero attached hydrogens (tertiary/aromatic N) is 5. The highest BCUT2D eigenvalue weighted by molar-refractivity contribution is 5.77. The van der Waals surface area contributed by atoms with Crippen LogP contribution in [0.1, 0.15) is 32.4 Å². The van der Waals surface area contributed by atoms with Gasteiger partial charge in [0.05, 0.1) is 36.8 Å². The summed E-state index contributed by atoms with van der Waals surface area (Å²) in [6.45, 7) is 7.09. The van der Waals surface area contributed by atoms with E-state index in [0.29, 0.717) is 55.2 Å². The third-order valence-electron chi connectivity index (χ3n) is 6.46. The summed E-state index contributed by atoms with van der Waals surface area (Å²) in [5.74, 6) is 0.536. The summed E-state index contributed by atoms with van der Waals surface area (Å²) < 4.78 is 27.8. The van der Waals surface area contributed by atoms with Crippen molar-refractivity contribution in [2.75, 3.05) is 44.7 Å². The van der Waals surface area contributed by atoms with Gasteiger partial charge in [0.25, 0.3) is 6.34 Å². The summed E-state index contributed by atoms with van der Waals surface area (Å²) in [6, 6.07) is 7.92. The Morgan fingerprint density at radius 2 is 2.00 bits per heavy atom. The molecule has 204 valence electrons. The molecule has 2 aliphatic rings. The normalized spacial score (nSPS) is 20.6. The van der Waals surface area contributed by atoms with Crippen molar-refractivity contribution in [3.8, 4) is 22.6 Å². The number of hydrogen-bond donors (Lipinski definition) is 3. The number of nitrogens with one attached hydrogen (secondary N) is 3. The number of halogens is 1. The van der Waals surface area contributed by atoms with Crippen molar-refractivity contribution < 1.29 is 23.2 Å². The zero-order chi connectivity index (χ0) is 27.2. The lowest BCUT2D eigenvalue weighted by molar-refractivity contribution is -0.504. The van der Waals surface area contributed by atoms with E-state index in [-0.39, 0.29) is 17.1 Å². The van der Waals surface area contributed by atoms with E-state index in [4.69, 9.17) is 19.4 Å². The SMILES string of the molecule is CC(=O)NCC1(C)COC(c2nc(-c3ccc(F)cc3)c(-c3ccnc(NCCC[N+]4=CN=CC4)n3)[nH]2)OC1. The summed E-state index contributed by atoms with van der Waals surface area (Å²) >= 11 is 0. The fraction of sp³-hybridized carbons (Fsp3) is 0.407. The smallest absolute Gasteiger partial charge is 0.281 e. The molecule has 39 heavy (non-hydrogen) atoms. The highest BCUT2D eigenvalue weighted by Crippen LogP contribution is 2.35. The fourth-order valence-corrected chi connectivity index (χ4v) is 4.30. The van der Waals surface area contributed by atoms with Crippen LogP contribution in [0, 0.1) is 11.2 Å². The number of H-pyrrole nitrogens is 1. The molecule has 11 nitrogen and oxygen atoms in total. The molecular formula is C27H32FN8O3+. The second kappa shape index (κ2) is 11.8. The monoisotopic (exact) mass is 535 g/mol. The second-order valence-corrected chi connectivity index (χ2v) is 10.0. The van der Waals surface area contributed by atoms with Crippen LogP contribution in [-0.4, -0.2) is 82.4 Å². The number of amides is 1. The summed E-state index contributed by atoms with van der Waals surface area (Å²) in [6.07, 6.45) is 5.58. The van der Waals surface area contributed by atoms with Crippen molar-refractivity contribution in [1.29, 1.82) is 0 Å². The first-order chi connectivity index (χ1) is 18.9. The zero-order valence-electron chi connectivity index (χ0n) is 22.0. The minimum absolute atomic E-state index is 0.101. The van der Waals surface area contributed by atoms with Gasteiger partial charge in [-0.15, -0.1) is 0 Å². The standard InChI is InChI=1S/C27H31FN8O3/c1-18(37)32-14-27(2)15-38-25(39-16-27)24-34-22(19-4-6-20(28)7-5-19)23(35-24)21-8-10-31-26(33-21)30-9-3-12-36-13-11-29-17-36/h4-8,10-11,17,25H,3,9,12-16H2,1-2H3,(H2-,30,31,32,33,34,35,37)/p+1. The van der Waals surface area contributed by atoms with Crippen LogP contribution >= 0.6 is 0 Å². The van der Waals surface area contributed by atoms with E-state index >= 15 is 0 Å². The van der Waals surface area contributed by atoms with Crippen molar-refractivity contribution in [2.45, 2.75) is 26.6 Å². The van der Waals surface area contributed by atoms with Gasteiger partial charge in [0.1, 0.15) is 12.4 Å². The summed E-state index contributed by atoms with van der Waals surface area (Å²) in [7, 11) is 0. The Morgan fingerprint density at radius 1 is 1.21 bits per heavy atom. The van der Waals surface area contributed by atoms with Gasteiger partial charge in [-0.2, -0.15) is 0 Å². The first-order valence-corrected chi connectivity index (χ1v) is 12.9. The molecule has 1 amide bonds. The van der Waals surface area contributed by atoms with Gasteiger partial charge in [-0.3, -0.25) is 9.37 Å². The van der Waals surface area contributed by atoms with Crippen LogP contribution in [0.2, 0.25) is 0 Å². The number of ether oxygens (including phenoxy) is 2. The van der Waals surface area contributed by atoms with E-state index < -0.39 is 6.29 Å². The molecule has 2 aromatic heterocycles. The van der Waals surface area contributed by atoms with Crippen LogP contribution in [0.5, 0.6) is 0 Å². The molecule has 0 radical (unpaired) electrons. The van der Waals surface area contributed by atoms with Gasteiger partial charge in [0.15, 0.2) is 12.0 Å². The molecule has 0 unspecified atom stereocenters. The molecule has 1 aromatic carbocycles. The topological polar surface area (TPSA) is 129 Å². The molecule has 0 saturated carbocycles. The molecule has 4 heterocycles. The van der Waals surface area contributed by atoms with Crippen molar-refractivity contribution in [3.05, 3.63) is 48.2 Å². The summed E-state index contributed by atoms with van der Waals surface area (Å²) in [5, 5.41) is 6.10. The molecule has 3 aromatic rings. The van der Waals surface area contributed by atoms with Crippen LogP contribution in [0.3, 0.4) is 0 Å². The predicted octanol–water partition coefficient (Wildman–Crippen LogP) is 2.79. The van der Waals surface area contributed by atoms with Crippen molar-refractivity contribution >= 4 is 24.4 Å². The van der Waals surface area contributed by atoms with Gasteiger partial charge in [-0.1, -0.05) is 11.9 Å². The molecule has 1 fully saturated rings. The maximum absolute atomic E-state index is 13.7. The Hall–Kier alpha value is -4.03. The van der Waals surface area contributed by atoms with Crippen molar-refractivity contribution in [3.63, 3.8) is 0 Å². The molecule has 0 atom stereocenters. The zero-order valence-corrected chi connectivity index (χ0v) is 22.0. The van der Waals surface area contributed by atoms with Crippen LogP contribution in [0.15, 0.2) is 41.5 Å². The summed E-state index contributed by atoms with van der Waals surface area (Å²) in [4.78, 5) is 32.6. The van der Waals surface area contributed by atoms with E-state index in [2.05, 4.69) is 30.2 Å². The van der Waals surface area contributed by atoms with Crippen LogP contribution < -0.4 is 10.6 Å². The lowest BCUT2D eigenvalue weighted by Gasteiger charge is -2.36. The molecule has 0 spiro atoms. The maximum atomic E-state index is 13.7. The van der Waals surface area contributed by atoms with Crippen LogP contribution in [0.25, 0.3) is 22.6 Å². The van der Waals surface area contributed by atoms with Gasteiger partial charge in [-0.25, -0.2) is 19.3 Å². The number of hydrogen-bond acceptors (Lipinski definition) is 8. The number of aliphatic imine (C=N–C) groups is 1. The van der Waals surface area contributed by atoms with E-state index in [1.807, 2.05) is 19.5 Å². The van der Waals surface area contributed by atoms with Gasteiger partial charge in [0.2, 0.25) is 18.1 Å². The number of anilines is 1. The van der Waals surface area contributed by atoms with Crippen molar-refractivity contribution in [1.82, 2.24) is 25.3 Å². The lowest BCUT2D eigenvalue weighted by atomic mass is 9.92. The third-order valence-corrected chi connectivity index (χ3v) is 6.46.